The minimum atomic E-state index is -0.434. The number of carbonyl (C=O) groups is 2. The van der Waals surface area contributed by atoms with E-state index in [0.717, 1.165) is 6.21 Å². The van der Waals surface area contributed by atoms with Crippen molar-refractivity contribution in [1.82, 2.24) is 0 Å². The highest BCUT2D eigenvalue weighted by molar-refractivity contribution is 6.26. The third-order valence-electron chi connectivity index (χ3n) is 1.42. The zero-order valence-corrected chi connectivity index (χ0v) is 6.64. The first-order valence-electron chi connectivity index (χ1n) is 3.52. The number of hydrogen-bond donors (Lipinski definition) is 0. The van der Waals surface area contributed by atoms with E-state index in [1.54, 1.807) is 6.08 Å². The summed E-state index contributed by atoms with van der Waals surface area (Å²) >= 11 is 0. The van der Waals surface area contributed by atoms with E-state index in [-0.39, 0.29) is 12.2 Å². The van der Waals surface area contributed by atoms with Crippen LogP contribution in [0.2, 0.25) is 0 Å². The van der Waals surface area contributed by atoms with Crippen LogP contribution < -0.4 is 0 Å². The van der Waals surface area contributed by atoms with Crippen molar-refractivity contribution in [2.45, 2.75) is 12.8 Å². The highest BCUT2D eigenvalue weighted by Crippen LogP contribution is 2.07. The Labute approximate surface area is 70.5 Å². The van der Waals surface area contributed by atoms with E-state index >= 15 is 0 Å². The maximum Gasteiger partial charge on any atom is 0.323 e. The van der Waals surface area contributed by atoms with Crippen LogP contribution in [-0.2, 0) is 9.59 Å². The minimum absolute atomic E-state index is 0.136. The van der Waals surface area contributed by atoms with Crippen LogP contribution in [0.15, 0.2) is 12.7 Å². The molecule has 64 valence electrons. The van der Waals surface area contributed by atoms with E-state index in [9.17, 15) is 9.59 Å². The first-order valence-corrected chi connectivity index (χ1v) is 3.52. The molecule has 1 atom stereocenters. The van der Waals surface area contributed by atoms with Gasteiger partial charge < -0.3 is 10.3 Å². The molecule has 0 fully saturated rings. The smallest absolute Gasteiger partial charge is 0.323 e. The molecular formula is C8H10N2O2. The molecule has 0 aliphatic heterocycles. The molecule has 0 rings (SSSR count). The molecule has 4 nitrogen and oxygen atoms in total. The molecule has 1 unspecified atom stereocenters. The fourth-order valence-corrected chi connectivity index (χ4v) is 0.808. The van der Waals surface area contributed by atoms with Gasteiger partial charge in [0.25, 0.3) is 0 Å². The maximum absolute atomic E-state index is 11.0. The Balaban J connectivity index is 4.25. The fourth-order valence-electron chi connectivity index (χ4n) is 0.808. The Morgan fingerprint density at radius 1 is 1.58 bits per heavy atom. The minimum Gasteiger partial charge on any atom is -0.361 e. The zero-order chi connectivity index (χ0) is 9.40. The Bertz CT molecular complexity index is 219. The number of carbonyl (C=O) groups excluding carboxylic acids is 2. The summed E-state index contributed by atoms with van der Waals surface area (Å²) in [4.78, 5) is 23.7. The molecule has 0 N–H and O–H groups in total. The maximum atomic E-state index is 11.0. The molecule has 12 heavy (non-hydrogen) atoms. The van der Waals surface area contributed by atoms with Gasteiger partial charge in [0.15, 0.2) is 0 Å². The van der Waals surface area contributed by atoms with Crippen molar-refractivity contribution in [3.63, 3.8) is 0 Å². The lowest BCUT2D eigenvalue weighted by molar-refractivity contribution is -0.121. The van der Waals surface area contributed by atoms with E-state index in [4.69, 9.17) is 5.53 Å². The van der Waals surface area contributed by atoms with Gasteiger partial charge >= 0.3 is 6.21 Å². The summed E-state index contributed by atoms with van der Waals surface area (Å²) in [5.74, 6) is -0.791. The molecule has 0 aromatic heterocycles. The first kappa shape index (κ1) is 10.5. The van der Waals surface area contributed by atoms with E-state index < -0.39 is 5.92 Å². The monoisotopic (exact) mass is 166 g/mol. The molecule has 0 saturated heterocycles. The second-order valence-corrected chi connectivity index (χ2v) is 2.27. The topological polar surface area (TPSA) is 70.5 Å². The normalized spacial score (nSPS) is 11.0. The van der Waals surface area contributed by atoms with Crippen LogP contribution in [0.25, 0.3) is 5.53 Å². The average molecular weight is 166 g/mol. The molecule has 0 saturated carbocycles. The summed E-state index contributed by atoms with van der Waals surface area (Å²) < 4.78 is 0. The Hall–Kier alpha value is -1.54. The summed E-state index contributed by atoms with van der Waals surface area (Å²) in [6, 6.07) is 0. The lowest BCUT2D eigenvalue weighted by Crippen LogP contribution is -2.15. The molecule has 0 aliphatic rings. The zero-order valence-electron chi connectivity index (χ0n) is 6.64. The van der Waals surface area contributed by atoms with Crippen LogP contribution in [0, 0.1) is 5.92 Å². The third kappa shape index (κ3) is 3.58. The number of Topliss-reactive ketones (excluding diaryl/α,β-unsaturated/α-hetero) is 1. The summed E-state index contributed by atoms with van der Waals surface area (Å²) in [5.41, 5.74) is 8.06. The number of hydrogen-bond acceptors (Lipinski definition) is 2. The van der Waals surface area contributed by atoms with Crippen LogP contribution in [0.4, 0.5) is 0 Å². The fraction of sp³-hybridized carbons (Fsp3) is 0.375. The van der Waals surface area contributed by atoms with Gasteiger partial charge in [-0.15, -0.1) is 6.58 Å². The molecule has 0 amide bonds. The van der Waals surface area contributed by atoms with E-state index in [1.807, 2.05) is 0 Å². The van der Waals surface area contributed by atoms with Crippen LogP contribution in [0.3, 0.4) is 0 Å². The molecule has 0 radical (unpaired) electrons. The number of allylic oxidation sites excluding steroid dienone is 1. The van der Waals surface area contributed by atoms with Crippen molar-refractivity contribution in [1.29, 1.82) is 0 Å². The van der Waals surface area contributed by atoms with E-state index in [0.29, 0.717) is 12.7 Å². The Morgan fingerprint density at radius 3 is 2.67 bits per heavy atom. The Kier molecular flexibility index (Phi) is 5.39. The standard InChI is InChI=1S/C8H10N2O2/c1-2-3-7(4-5-11)8(12)6-10-9/h2,5-7H,1,3-4H2. The van der Waals surface area contributed by atoms with Gasteiger partial charge in [-0.2, -0.15) is 4.79 Å². The summed E-state index contributed by atoms with van der Waals surface area (Å²) in [6.07, 6.45) is 3.58. The van der Waals surface area contributed by atoms with Crippen molar-refractivity contribution in [2.24, 2.45) is 5.92 Å². The van der Waals surface area contributed by atoms with Crippen LogP contribution in [0.5, 0.6) is 0 Å². The lowest BCUT2D eigenvalue weighted by Gasteiger charge is -2.02. The van der Waals surface area contributed by atoms with Crippen LogP contribution in [0.1, 0.15) is 12.8 Å². The highest BCUT2D eigenvalue weighted by Gasteiger charge is 2.17. The Morgan fingerprint density at radius 2 is 2.25 bits per heavy atom. The van der Waals surface area contributed by atoms with Crippen molar-refractivity contribution in [2.75, 3.05) is 0 Å². The molecular weight excluding hydrogens is 156 g/mol. The van der Waals surface area contributed by atoms with Gasteiger partial charge in [-0.05, 0) is 6.42 Å². The van der Waals surface area contributed by atoms with Gasteiger partial charge in [0.05, 0.1) is 0 Å². The quantitative estimate of drug-likeness (QED) is 0.191. The summed E-state index contributed by atoms with van der Waals surface area (Å²) in [5, 5.41) is 0. The molecule has 0 aliphatic carbocycles. The molecule has 0 bridgehead atoms. The number of nitrogens with zero attached hydrogens (tertiary/aromatic N) is 2. The van der Waals surface area contributed by atoms with E-state index in [2.05, 4.69) is 11.4 Å². The van der Waals surface area contributed by atoms with Gasteiger partial charge in [0, 0.05) is 12.3 Å². The van der Waals surface area contributed by atoms with Gasteiger partial charge in [-0.25, -0.2) is 0 Å². The van der Waals surface area contributed by atoms with Crippen LogP contribution >= 0.6 is 0 Å². The third-order valence-corrected chi connectivity index (χ3v) is 1.42. The van der Waals surface area contributed by atoms with Gasteiger partial charge in [-0.1, -0.05) is 6.08 Å². The van der Waals surface area contributed by atoms with Gasteiger partial charge in [0.2, 0.25) is 5.78 Å². The predicted octanol–water partition coefficient (Wildman–Crippen LogP) is 0.637. The molecule has 4 heteroatoms. The number of ketones is 1. The van der Waals surface area contributed by atoms with Gasteiger partial charge in [-0.3, -0.25) is 4.79 Å². The molecule has 0 spiro atoms. The second-order valence-electron chi connectivity index (χ2n) is 2.27. The van der Waals surface area contributed by atoms with Crippen LogP contribution in [-0.4, -0.2) is 23.1 Å². The van der Waals surface area contributed by atoms with Gasteiger partial charge in [0.1, 0.15) is 6.29 Å². The largest absolute Gasteiger partial charge is 0.361 e. The van der Waals surface area contributed by atoms with Crippen molar-refractivity contribution in [3.8, 4) is 0 Å². The molecule has 0 heterocycles. The number of aldehydes is 1. The highest BCUT2D eigenvalue weighted by atomic mass is 16.1. The van der Waals surface area contributed by atoms with Crippen molar-refractivity contribution in [3.05, 3.63) is 18.2 Å². The predicted molar refractivity (Wildman–Crippen MR) is 43.7 cm³/mol. The second kappa shape index (κ2) is 6.19. The summed E-state index contributed by atoms with van der Waals surface area (Å²) in [7, 11) is 0. The lowest BCUT2D eigenvalue weighted by atomic mass is 9.98. The first-order chi connectivity index (χ1) is 5.76. The van der Waals surface area contributed by atoms with E-state index in [1.165, 1.54) is 0 Å². The number of rotatable bonds is 6. The van der Waals surface area contributed by atoms with Crippen molar-refractivity contribution >= 4 is 18.3 Å². The SMILES string of the molecule is C=CCC(CC=O)C(=O)C=[N+]=[N-]. The summed E-state index contributed by atoms with van der Waals surface area (Å²) in [6.45, 7) is 3.45. The average Bonchev–Trinajstić information content (AvgIpc) is 2.04. The molecule has 0 aromatic carbocycles. The molecule has 0 aromatic rings. The van der Waals surface area contributed by atoms with Crippen molar-refractivity contribution < 1.29 is 14.4 Å².